The predicted octanol–water partition coefficient (Wildman–Crippen LogP) is 25.3. The van der Waals surface area contributed by atoms with Gasteiger partial charge in [0.2, 0.25) is 0 Å². The number of rotatable bonds is 8. The van der Waals surface area contributed by atoms with Crippen LogP contribution >= 0.6 is 0 Å². The highest BCUT2D eigenvalue weighted by molar-refractivity contribution is 7.01. The highest BCUT2D eigenvalue weighted by Gasteiger charge is 2.49. The molecule has 2 aliphatic rings. The second kappa shape index (κ2) is 22.4. The zero-order chi connectivity index (χ0) is 69.4. The van der Waals surface area contributed by atoms with Gasteiger partial charge in [0.25, 0.3) is 6.71 Å². The molecule has 5 nitrogen and oxygen atoms in total. The molecule has 21 rings (SSSR count). The lowest BCUT2D eigenvalue weighted by Crippen LogP contribution is -2.61. The van der Waals surface area contributed by atoms with Crippen LogP contribution in [-0.2, 0) is 10.8 Å². The second-order valence-electron chi connectivity index (χ2n) is 30.7. The Labute approximate surface area is 604 Å². The predicted molar refractivity (Wildman–Crippen MR) is 440 cm³/mol. The van der Waals surface area contributed by atoms with E-state index in [1.807, 2.05) is 0 Å². The van der Waals surface area contributed by atoms with E-state index in [9.17, 15) is 0 Å². The van der Waals surface area contributed by atoms with E-state index >= 15 is 0 Å². The molecule has 0 N–H and O–H groups in total. The van der Waals surface area contributed by atoms with Crippen LogP contribution in [0.3, 0.4) is 0 Å². The minimum atomic E-state index is -0.402. The van der Waals surface area contributed by atoms with Gasteiger partial charge in [-0.05, 0) is 168 Å². The number of para-hydroxylation sites is 4. The Kier molecular flexibility index (Phi) is 13.0. The lowest BCUT2D eigenvalue weighted by molar-refractivity contribution is 0.590. The molecule has 0 spiro atoms. The summed E-state index contributed by atoms with van der Waals surface area (Å²) in [4.78, 5) is 5.52. The molecule has 0 bridgehead atoms. The van der Waals surface area contributed by atoms with E-state index in [0.29, 0.717) is 0 Å². The Bertz CT molecular complexity index is 6350. The van der Waals surface area contributed by atoms with Gasteiger partial charge >= 0.3 is 0 Å². The average molecular weight is 1330 g/mol. The molecule has 0 radical (unpaired) electrons. The Morgan fingerprint density at radius 3 is 1.01 bits per heavy atom. The number of fused-ring (bicyclic) bond motifs is 18. The number of anilines is 6. The van der Waals surface area contributed by atoms with Crippen LogP contribution in [0.15, 0.2) is 324 Å². The first-order valence-corrected chi connectivity index (χ1v) is 36.4. The lowest BCUT2D eigenvalue weighted by atomic mass is 9.33. The van der Waals surface area contributed by atoms with Gasteiger partial charge in [-0.25, -0.2) is 0 Å². The summed E-state index contributed by atoms with van der Waals surface area (Å²) in [6.45, 7) is 13.8. The molecule has 0 unspecified atom stereocenters. The number of benzene rings is 15. The lowest BCUT2D eigenvalue weighted by Gasteiger charge is -2.46. The number of hydrogen-bond donors (Lipinski definition) is 0. The van der Waals surface area contributed by atoms with Gasteiger partial charge in [-0.3, -0.25) is 0 Å². The first kappa shape index (κ1) is 60.2. The smallest absolute Gasteiger partial charge is 0.252 e. The van der Waals surface area contributed by atoms with E-state index in [1.165, 1.54) is 43.7 Å². The SMILES string of the molecule is CC(C)(C)c1cc(-c2ccccc2)c(N2c3cc4c(cc3B3c5cc6oc7ccccc7c6cc5N(c5c(-c6ccccc6)cc(C(C)(C)C)cc5-c5cccc(-c6ccccc6)c5)c5c3c2c2c3ccccc3n3c6ccccc6c5c23)oc2ccccc24)c(-c2cccc(-c3ccccc3)c2)c1. The maximum Gasteiger partial charge on any atom is 0.252 e. The molecule has 0 aliphatic carbocycles. The standard InChI is InChI=1S/C98H70BN3O2/c1-97(2,3)67-51-73(61-33-15-9-16-34-61)92(75(53-67)65-39-27-37-63(49-65)59-29-11-7-12-30-59)101-83-55-77-69-41-21-25-47-85(69)103-87(77)57-79(83)99-80-58-88-78(70-42-22-26-48-86(70)104-88)56-84(80)102(96-90-72-44-20-24-46-82(72)100-81-45-23-19-43-71(81)89(94(90)100)95(101)91(96)99)93-74(62-35-17-10-18-36-62)52-68(98(4,5)6)54-76(93)66-40-28-38-64(50-66)60-31-13-8-14-32-60/h7-58H,1-6H3. The summed E-state index contributed by atoms with van der Waals surface area (Å²) < 4.78 is 17.1. The Morgan fingerprint density at radius 2 is 0.606 bits per heavy atom. The summed E-state index contributed by atoms with van der Waals surface area (Å²) >= 11 is 0. The maximum absolute atomic E-state index is 7.25. The zero-order valence-electron chi connectivity index (χ0n) is 58.8. The fourth-order valence-corrected chi connectivity index (χ4v) is 17.6. The van der Waals surface area contributed by atoms with Crippen LogP contribution < -0.4 is 26.2 Å². The third-order valence-electron chi connectivity index (χ3n) is 22.5. The topological polar surface area (TPSA) is 37.2 Å². The minimum Gasteiger partial charge on any atom is -0.456 e. The van der Waals surface area contributed by atoms with Gasteiger partial charge < -0.3 is 23.0 Å². The van der Waals surface area contributed by atoms with Crippen molar-refractivity contribution < 1.29 is 8.83 Å². The molecule has 0 amide bonds. The highest BCUT2D eigenvalue weighted by Crippen LogP contribution is 2.60. The van der Waals surface area contributed by atoms with E-state index in [4.69, 9.17) is 8.83 Å². The Hall–Kier alpha value is -12.6. The number of aromatic nitrogens is 1. The van der Waals surface area contributed by atoms with Crippen LogP contribution in [0.1, 0.15) is 52.7 Å². The van der Waals surface area contributed by atoms with E-state index in [2.05, 4.69) is 371 Å². The van der Waals surface area contributed by atoms with Crippen molar-refractivity contribution in [2.24, 2.45) is 0 Å². The highest BCUT2D eigenvalue weighted by atomic mass is 16.3. The zero-order valence-corrected chi connectivity index (χ0v) is 58.8. The normalized spacial score (nSPS) is 13.0. The van der Waals surface area contributed by atoms with Gasteiger partial charge in [0.1, 0.15) is 22.3 Å². The second-order valence-corrected chi connectivity index (χ2v) is 30.7. The molecule has 0 atom stereocenters. The molecule has 0 saturated heterocycles. The molecule has 19 aromatic rings. The molecule has 6 heteroatoms. The van der Waals surface area contributed by atoms with Crippen LogP contribution in [0.5, 0.6) is 0 Å². The van der Waals surface area contributed by atoms with Gasteiger partial charge in [-0.2, -0.15) is 0 Å². The minimum absolute atomic E-state index is 0.254. The number of nitrogens with zero attached hydrogens (tertiary/aromatic N) is 3. The Morgan fingerprint density at radius 1 is 0.269 bits per heavy atom. The van der Waals surface area contributed by atoms with E-state index in [-0.39, 0.29) is 10.8 Å². The van der Waals surface area contributed by atoms with E-state index < -0.39 is 6.71 Å². The van der Waals surface area contributed by atoms with Gasteiger partial charge in [0, 0.05) is 76.7 Å². The third kappa shape index (κ3) is 8.94. The molecule has 2 aliphatic heterocycles. The molecule has 0 saturated carbocycles. The first-order chi connectivity index (χ1) is 50.9. The molecule has 492 valence electrons. The summed E-state index contributed by atoms with van der Waals surface area (Å²) in [5.41, 5.74) is 32.6. The summed E-state index contributed by atoms with van der Waals surface area (Å²) in [6, 6.07) is 118. The van der Waals surface area contributed by atoms with Crippen LogP contribution in [0.25, 0.3) is 149 Å². The van der Waals surface area contributed by atoms with Crippen molar-refractivity contribution in [3.05, 3.63) is 327 Å². The molecule has 0 fully saturated rings. The van der Waals surface area contributed by atoms with Crippen molar-refractivity contribution in [2.45, 2.75) is 52.4 Å². The molecular weight excluding hydrogens is 1260 g/mol. The van der Waals surface area contributed by atoms with Gasteiger partial charge in [0.15, 0.2) is 0 Å². The monoisotopic (exact) mass is 1330 g/mol. The van der Waals surface area contributed by atoms with Crippen LogP contribution in [0, 0.1) is 0 Å². The summed E-state index contributed by atoms with van der Waals surface area (Å²) in [7, 11) is 0. The maximum atomic E-state index is 7.25. The van der Waals surface area contributed by atoms with Crippen LogP contribution in [-0.4, -0.2) is 11.1 Å². The fourth-order valence-electron chi connectivity index (χ4n) is 17.6. The summed E-state index contributed by atoms with van der Waals surface area (Å²) in [5.74, 6) is 0. The molecule has 4 aromatic heterocycles. The van der Waals surface area contributed by atoms with Crippen molar-refractivity contribution in [2.75, 3.05) is 9.80 Å². The number of hydrogen-bond acceptors (Lipinski definition) is 4. The van der Waals surface area contributed by atoms with Crippen molar-refractivity contribution in [1.29, 1.82) is 0 Å². The van der Waals surface area contributed by atoms with Crippen LogP contribution in [0.4, 0.5) is 34.1 Å². The molecule has 15 aromatic carbocycles. The largest absolute Gasteiger partial charge is 0.456 e. The van der Waals surface area contributed by atoms with Crippen molar-refractivity contribution in [3.8, 4) is 66.8 Å². The van der Waals surface area contributed by atoms with Gasteiger partial charge in [-0.1, -0.05) is 272 Å². The van der Waals surface area contributed by atoms with Gasteiger partial charge in [0.05, 0.1) is 39.3 Å². The van der Waals surface area contributed by atoms with Crippen LogP contribution in [0.2, 0.25) is 0 Å². The number of furan rings is 2. The van der Waals surface area contributed by atoms with E-state index in [1.54, 1.807) is 0 Å². The molecule has 104 heavy (non-hydrogen) atoms. The van der Waals surface area contributed by atoms with Crippen molar-refractivity contribution >= 4 is 139 Å². The third-order valence-corrected chi connectivity index (χ3v) is 22.5. The fraction of sp³-hybridized carbons (Fsp3) is 0.0816. The molecule has 6 heterocycles. The average Bonchev–Trinajstić information content (AvgIpc) is 1.35. The summed E-state index contributed by atoms with van der Waals surface area (Å²) in [6.07, 6.45) is 0. The Balaban J connectivity index is 1.02. The van der Waals surface area contributed by atoms with Crippen molar-refractivity contribution in [1.82, 2.24) is 4.40 Å². The quantitative estimate of drug-likeness (QED) is 0.142. The molecular formula is C98H70BN3O2. The van der Waals surface area contributed by atoms with E-state index in [0.717, 1.165) is 167 Å². The first-order valence-electron chi connectivity index (χ1n) is 36.4. The summed E-state index contributed by atoms with van der Waals surface area (Å²) in [5, 5.41) is 8.99. The van der Waals surface area contributed by atoms with Crippen molar-refractivity contribution in [3.63, 3.8) is 0 Å². The van der Waals surface area contributed by atoms with Gasteiger partial charge in [-0.15, -0.1) is 0 Å².